The van der Waals surface area contributed by atoms with Crippen LogP contribution in [0.25, 0.3) is 0 Å². The van der Waals surface area contributed by atoms with Crippen LogP contribution in [0, 0.1) is 5.92 Å². The van der Waals surface area contributed by atoms with Gasteiger partial charge < -0.3 is 30.3 Å². The summed E-state index contributed by atoms with van der Waals surface area (Å²) in [5.41, 5.74) is 4.66. The molecule has 0 amide bonds. The van der Waals surface area contributed by atoms with E-state index in [1.807, 2.05) is 0 Å². The van der Waals surface area contributed by atoms with E-state index in [4.69, 9.17) is 19.5 Å². The van der Waals surface area contributed by atoms with Crippen LogP contribution in [0.2, 0.25) is 0 Å². The Morgan fingerprint density at radius 2 is 1.91 bits per heavy atom. The van der Waals surface area contributed by atoms with Crippen molar-refractivity contribution in [2.45, 2.75) is 44.4 Å². The molecule has 0 saturated carbocycles. The molecule has 1 aromatic carbocycles. The molecule has 13 nitrogen and oxygen atoms in total. The van der Waals surface area contributed by atoms with Crippen molar-refractivity contribution in [3.05, 3.63) is 53.1 Å². The molecule has 1 fully saturated rings. The molecule has 0 bridgehead atoms. The van der Waals surface area contributed by atoms with Crippen molar-refractivity contribution in [3.8, 4) is 5.75 Å². The van der Waals surface area contributed by atoms with Crippen LogP contribution in [0.5, 0.6) is 5.75 Å². The zero-order chi connectivity index (χ0) is 25.0. The van der Waals surface area contributed by atoms with E-state index in [0.717, 1.165) is 4.57 Å². The van der Waals surface area contributed by atoms with E-state index in [2.05, 4.69) is 10.1 Å². The number of carboxylic acid groups (broad SMARTS) is 1. The molecule has 6 N–H and O–H groups in total. The number of hydrogen-bond donors (Lipinski definition) is 5. The van der Waals surface area contributed by atoms with Crippen LogP contribution >= 0.6 is 20.2 Å². The van der Waals surface area contributed by atoms with Gasteiger partial charge in [0.25, 0.3) is 0 Å². The zero-order valence-corrected chi connectivity index (χ0v) is 20.5. The largest absolute Gasteiger partial charge is 0.480 e. The molecule has 2 aromatic rings. The van der Waals surface area contributed by atoms with Gasteiger partial charge in [0.05, 0.1) is 6.61 Å². The van der Waals surface area contributed by atoms with Crippen molar-refractivity contribution >= 4 is 31.9 Å². The summed E-state index contributed by atoms with van der Waals surface area (Å²) in [5.74, 6) is -1.62. The van der Waals surface area contributed by atoms with Crippen molar-refractivity contribution in [3.63, 3.8) is 0 Å². The van der Waals surface area contributed by atoms with Crippen LogP contribution in [-0.4, -0.2) is 61.8 Å². The number of nitrogens with one attached hydrogen (secondary N) is 1. The molecule has 2 heterocycles. The van der Waals surface area contributed by atoms with Crippen molar-refractivity contribution in [1.29, 1.82) is 0 Å². The van der Waals surface area contributed by atoms with Crippen LogP contribution in [-0.2, 0) is 18.6 Å². The first kappa shape index (κ1) is 28.7. The van der Waals surface area contributed by atoms with E-state index < -0.39 is 62.5 Å². The molecule has 0 spiro atoms. The third-order valence-corrected chi connectivity index (χ3v) is 6.60. The lowest BCUT2D eigenvalue weighted by molar-refractivity contribution is -0.140. The number of benzene rings is 1. The zero-order valence-electron chi connectivity index (χ0n) is 18.8. The second kappa shape index (κ2) is 12.0. The van der Waals surface area contributed by atoms with E-state index >= 15 is 0 Å². The molecule has 3 rings (SSSR count). The molecular weight excluding hydrogens is 507 g/mol. The van der Waals surface area contributed by atoms with Gasteiger partial charge in [-0.15, -0.1) is 12.4 Å². The molecule has 1 aliphatic rings. The fourth-order valence-corrected chi connectivity index (χ4v) is 4.93. The highest BCUT2D eigenvalue weighted by molar-refractivity contribution is 7.52. The van der Waals surface area contributed by atoms with Crippen LogP contribution in [0.15, 0.2) is 47.4 Å². The minimum Gasteiger partial charge on any atom is -0.480 e. The third-order valence-electron chi connectivity index (χ3n) is 5.07. The van der Waals surface area contributed by atoms with Gasteiger partial charge in [-0.1, -0.05) is 32.0 Å². The Bertz CT molecular complexity index is 1100. The first-order chi connectivity index (χ1) is 16.0. The summed E-state index contributed by atoms with van der Waals surface area (Å²) in [6, 6.07) is 8.01. The number of ether oxygens (including phenoxy) is 1. The van der Waals surface area contributed by atoms with Crippen molar-refractivity contribution in [1.82, 2.24) is 14.6 Å². The Balaban J connectivity index is 0.00000432. The van der Waals surface area contributed by atoms with Gasteiger partial charge in [-0.3, -0.25) is 13.9 Å². The Morgan fingerprint density at radius 3 is 2.49 bits per heavy atom. The summed E-state index contributed by atoms with van der Waals surface area (Å²) in [5, 5.41) is 32.7. The fourth-order valence-electron chi connectivity index (χ4n) is 3.26. The van der Waals surface area contributed by atoms with Crippen LogP contribution in [0.4, 0.5) is 5.82 Å². The predicted molar refractivity (Wildman–Crippen MR) is 126 cm³/mol. The van der Waals surface area contributed by atoms with Gasteiger partial charge in [-0.05, 0) is 24.1 Å². The second-order valence-electron chi connectivity index (χ2n) is 7.98. The lowest BCUT2D eigenvalue weighted by atomic mass is 10.1. The van der Waals surface area contributed by atoms with E-state index in [1.54, 1.807) is 32.0 Å². The number of aliphatic carboxylic acids is 1. The minimum atomic E-state index is -4.31. The van der Waals surface area contributed by atoms with Crippen molar-refractivity contribution < 1.29 is 38.5 Å². The summed E-state index contributed by atoms with van der Waals surface area (Å²) < 4.78 is 30.9. The average molecular weight is 535 g/mol. The van der Waals surface area contributed by atoms with Gasteiger partial charge in [-0.25, -0.2) is 9.36 Å². The van der Waals surface area contributed by atoms with Gasteiger partial charge in [0.15, 0.2) is 6.23 Å². The van der Waals surface area contributed by atoms with E-state index in [9.17, 15) is 29.5 Å². The van der Waals surface area contributed by atoms with E-state index in [-0.39, 0.29) is 24.0 Å². The average Bonchev–Trinajstić information content (AvgIpc) is 3.05. The summed E-state index contributed by atoms with van der Waals surface area (Å²) in [7, 11) is -4.31. The molecule has 15 heteroatoms. The summed E-state index contributed by atoms with van der Waals surface area (Å²) in [6.07, 6.45) is -4.36. The maximum Gasteiger partial charge on any atom is 0.459 e. The minimum absolute atomic E-state index is 0. The molecule has 0 radical (unpaired) electrons. The highest BCUT2D eigenvalue weighted by Crippen LogP contribution is 2.46. The first-order valence-corrected chi connectivity index (χ1v) is 11.9. The standard InChI is InChI=1S/C20H27N4O9P.ClH/c1-11(2)15(19(27)28)23-34(30,33-12-6-4-3-5-7-12)31-10-13-16(25)17(26)18(32-13)24-9-8-14(21)22-20(24)29;/h3-9,11,13,15-18,25-26H,10H2,1-2H3,(H,23,30)(H,27,28)(H2,21,22,29);1H/t13-,15+,16-,17-,18-,34?;/m1./s1. The molecule has 1 aliphatic heterocycles. The number of para-hydroxylation sites is 1. The Labute approximate surface area is 206 Å². The molecule has 1 saturated heterocycles. The Morgan fingerprint density at radius 1 is 1.26 bits per heavy atom. The number of hydrogen-bond acceptors (Lipinski definition) is 10. The number of aliphatic hydroxyl groups is 2. The topological polar surface area (TPSA) is 195 Å². The molecule has 0 aliphatic carbocycles. The van der Waals surface area contributed by atoms with Gasteiger partial charge in [-0.2, -0.15) is 10.1 Å². The molecule has 1 unspecified atom stereocenters. The SMILES string of the molecule is CC(C)[C@H](NP(=O)(OC[C@H]1O[C@@H](n2ccc(N)nc2=O)[C@H](O)[C@@H]1O)Oc1ccccc1)C(=O)O.Cl. The second-order valence-corrected chi connectivity index (χ2v) is 9.67. The first-order valence-electron chi connectivity index (χ1n) is 10.4. The highest BCUT2D eigenvalue weighted by atomic mass is 35.5. The summed E-state index contributed by atoms with van der Waals surface area (Å²) >= 11 is 0. The number of rotatable bonds is 10. The van der Waals surface area contributed by atoms with Crippen molar-refractivity contribution in [2.24, 2.45) is 5.92 Å². The Hall–Kier alpha value is -2.51. The molecule has 1 aromatic heterocycles. The number of nitrogens with two attached hydrogens (primary N) is 1. The van der Waals surface area contributed by atoms with Gasteiger partial charge in [0.1, 0.15) is 35.9 Å². The number of aromatic nitrogens is 2. The highest BCUT2D eigenvalue weighted by Gasteiger charge is 2.46. The van der Waals surface area contributed by atoms with Crippen molar-refractivity contribution in [2.75, 3.05) is 12.3 Å². The quantitative estimate of drug-likeness (QED) is 0.269. The molecule has 35 heavy (non-hydrogen) atoms. The number of nitrogens with zero attached hydrogens (tertiary/aromatic N) is 2. The molecular formula is C20H28ClN4O9P. The number of aliphatic hydroxyl groups excluding tert-OH is 2. The molecule has 194 valence electrons. The number of carbonyl (C=O) groups is 1. The van der Waals surface area contributed by atoms with E-state index in [1.165, 1.54) is 24.4 Å². The third kappa shape index (κ3) is 7.01. The van der Waals surface area contributed by atoms with Gasteiger partial charge in [0, 0.05) is 6.20 Å². The van der Waals surface area contributed by atoms with Crippen LogP contribution in [0.3, 0.4) is 0 Å². The van der Waals surface area contributed by atoms with Gasteiger partial charge in [0.2, 0.25) is 0 Å². The summed E-state index contributed by atoms with van der Waals surface area (Å²) in [6.45, 7) is 2.66. The predicted octanol–water partition coefficient (Wildman–Crippen LogP) is 0.769. The van der Waals surface area contributed by atoms with Crippen LogP contribution < -0.4 is 21.0 Å². The van der Waals surface area contributed by atoms with Crippen LogP contribution in [0.1, 0.15) is 20.1 Å². The van der Waals surface area contributed by atoms with Gasteiger partial charge >= 0.3 is 19.4 Å². The number of nitrogen functional groups attached to an aromatic ring is 1. The smallest absolute Gasteiger partial charge is 0.459 e. The number of anilines is 1. The maximum absolute atomic E-state index is 13.5. The monoisotopic (exact) mass is 534 g/mol. The Kier molecular flexibility index (Phi) is 9.81. The summed E-state index contributed by atoms with van der Waals surface area (Å²) in [4.78, 5) is 27.3. The molecule has 6 atom stereocenters. The lowest BCUT2D eigenvalue weighted by Gasteiger charge is -2.26. The fraction of sp³-hybridized carbons (Fsp3) is 0.450. The van der Waals surface area contributed by atoms with E-state index in [0.29, 0.717) is 0 Å². The lowest BCUT2D eigenvalue weighted by Crippen LogP contribution is -2.41. The normalized spacial score (nSPS) is 24.4. The maximum atomic E-state index is 13.5. The number of carboxylic acids is 1. The number of halogens is 1.